The summed E-state index contributed by atoms with van der Waals surface area (Å²) in [6.45, 7) is 0. The maximum atomic E-state index is 12.2. The van der Waals surface area contributed by atoms with Gasteiger partial charge in [-0.3, -0.25) is 14.7 Å². The van der Waals surface area contributed by atoms with E-state index in [0.29, 0.717) is 16.3 Å². The highest BCUT2D eigenvalue weighted by Gasteiger charge is 2.14. The maximum Gasteiger partial charge on any atom is 0.261 e. The van der Waals surface area contributed by atoms with E-state index in [1.807, 2.05) is 0 Å². The monoisotopic (exact) mass is 340 g/mol. The first kappa shape index (κ1) is 16.3. The van der Waals surface area contributed by atoms with Crippen molar-refractivity contribution >= 4 is 33.2 Å². The van der Waals surface area contributed by atoms with Gasteiger partial charge in [0.2, 0.25) is 5.91 Å². The van der Waals surface area contributed by atoms with Crippen molar-refractivity contribution in [3.8, 4) is 0 Å². The SMILES string of the molecule is O=C(Cc1ccc(NS(=O)(=O)c2ccc(Cl)cc2)cc1)NO. The molecule has 0 spiro atoms. The summed E-state index contributed by atoms with van der Waals surface area (Å²) >= 11 is 5.73. The number of hydroxylamine groups is 1. The number of carbonyl (C=O) groups is 1. The van der Waals surface area contributed by atoms with Crippen molar-refractivity contribution < 1.29 is 18.4 Å². The van der Waals surface area contributed by atoms with Gasteiger partial charge in [-0.1, -0.05) is 23.7 Å². The van der Waals surface area contributed by atoms with Crippen LogP contribution in [-0.4, -0.2) is 19.5 Å². The fourth-order valence-electron chi connectivity index (χ4n) is 1.74. The maximum absolute atomic E-state index is 12.2. The minimum absolute atomic E-state index is 0.000709. The van der Waals surface area contributed by atoms with Crippen LogP contribution in [0, 0.1) is 0 Å². The standard InChI is InChI=1S/C14H13ClN2O4S/c15-11-3-7-13(8-4-11)22(20,21)17-12-5-1-10(2-6-12)9-14(18)16-19/h1-8,17,19H,9H2,(H,16,18). The molecule has 116 valence electrons. The number of hydrogen-bond donors (Lipinski definition) is 3. The lowest BCUT2D eigenvalue weighted by molar-refractivity contribution is -0.128. The van der Waals surface area contributed by atoms with Crippen molar-refractivity contribution in [3.05, 3.63) is 59.1 Å². The van der Waals surface area contributed by atoms with E-state index in [1.54, 1.807) is 12.1 Å². The molecule has 2 rings (SSSR count). The number of amides is 1. The van der Waals surface area contributed by atoms with Crippen molar-refractivity contribution in [2.75, 3.05) is 4.72 Å². The molecule has 22 heavy (non-hydrogen) atoms. The van der Waals surface area contributed by atoms with Crippen molar-refractivity contribution in [2.24, 2.45) is 0 Å². The summed E-state index contributed by atoms with van der Waals surface area (Å²) < 4.78 is 26.8. The fourth-order valence-corrected chi connectivity index (χ4v) is 2.93. The van der Waals surface area contributed by atoms with Crippen LogP contribution < -0.4 is 10.2 Å². The first-order valence-corrected chi connectivity index (χ1v) is 8.07. The first-order chi connectivity index (χ1) is 10.4. The molecule has 6 nitrogen and oxygen atoms in total. The minimum Gasteiger partial charge on any atom is -0.289 e. The summed E-state index contributed by atoms with van der Waals surface area (Å²) in [6.07, 6.45) is 0.000709. The van der Waals surface area contributed by atoms with E-state index in [1.165, 1.54) is 41.9 Å². The zero-order valence-electron chi connectivity index (χ0n) is 11.3. The van der Waals surface area contributed by atoms with Crippen LogP contribution in [0.2, 0.25) is 5.02 Å². The summed E-state index contributed by atoms with van der Waals surface area (Å²) in [6, 6.07) is 12.1. The van der Waals surface area contributed by atoms with Gasteiger partial charge in [0.25, 0.3) is 10.0 Å². The Morgan fingerprint density at radius 2 is 1.64 bits per heavy atom. The largest absolute Gasteiger partial charge is 0.289 e. The molecule has 1 amide bonds. The number of anilines is 1. The molecule has 0 aliphatic rings. The molecule has 0 aromatic heterocycles. The number of rotatable bonds is 5. The second-order valence-corrected chi connectivity index (χ2v) is 6.59. The Balaban J connectivity index is 2.13. The third-order valence-corrected chi connectivity index (χ3v) is 4.47. The van der Waals surface area contributed by atoms with Gasteiger partial charge >= 0.3 is 0 Å². The topological polar surface area (TPSA) is 95.5 Å². The summed E-state index contributed by atoms with van der Waals surface area (Å²) in [7, 11) is -3.70. The Morgan fingerprint density at radius 1 is 1.05 bits per heavy atom. The first-order valence-electron chi connectivity index (χ1n) is 6.21. The van der Waals surface area contributed by atoms with Crippen molar-refractivity contribution in [3.63, 3.8) is 0 Å². The number of benzene rings is 2. The van der Waals surface area contributed by atoms with Crippen molar-refractivity contribution in [1.82, 2.24) is 5.48 Å². The van der Waals surface area contributed by atoms with Crippen LogP contribution in [0.3, 0.4) is 0 Å². The van der Waals surface area contributed by atoms with E-state index in [0.717, 1.165) is 0 Å². The molecule has 0 saturated carbocycles. The zero-order chi connectivity index (χ0) is 16.2. The van der Waals surface area contributed by atoms with Crippen LogP contribution in [0.15, 0.2) is 53.4 Å². The minimum atomic E-state index is -3.70. The molecule has 0 heterocycles. The zero-order valence-corrected chi connectivity index (χ0v) is 12.9. The van der Waals surface area contributed by atoms with Gasteiger partial charge in [0.1, 0.15) is 0 Å². The lowest BCUT2D eigenvalue weighted by Crippen LogP contribution is -2.20. The van der Waals surface area contributed by atoms with Gasteiger partial charge in [0.15, 0.2) is 0 Å². The molecule has 0 aliphatic carbocycles. The van der Waals surface area contributed by atoms with Crippen LogP contribution in [0.5, 0.6) is 0 Å². The lowest BCUT2D eigenvalue weighted by Gasteiger charge is -2.09. The number of hydrogen-bond acceptors (Lipinski definition) is 4. The normalized spacial score (nSPS) is 11.0. The van der Waals surface area contributed by atoms with E-state index in [2.05, 4.69) is 4.72 Å². The fraction of sp³-hybridized carbons (Fsp3) is 0.0714. The summed E-state index contributed by atoms with van der Waals surface area (Å²) in [5.74, 6) is -0.547. The predicted molar refractivity (Wildman–Crippen MR) is 82.3 cm³/mol. The molecule has 0 aliphatic heterocycles. The lowest BCUT2D eigenvalue weighted by atomic mass is 10.1. The van der Waals surface area contributed by atoms with Gasteiger partial charge in [-0.15, -0.1) is 0 Å². The Kier molecular flexibility index (Phi) is 5.02. The van der Waals surface area contributed by atoms with Gasteiger partial charge in [0.05, 0.1) is 11.3 Å². The van der Waals surface area contributed by atoms with Crippen LogP contribution in [-0.2, 0) is 21.2 Å². The summed E-state index contributed by atoms with van der Waals surface area (Å²) in [5.41, 5.74) is 2.53. The summed E-state index contributed by atoms with van der Waals surface area (Å²) in [5, 5.41) is 8.90. The summed E-state index contributed by atoms with van der Waals surface area (Å²) in [4.78, 5) is 11.1. The van der Waals surface area contributed by atoms with Gasteiger partial charge < -0.3 is 0 Å². The highest BCUT2D eigenvalue weighted by atomic mass is 35.5. The Bertz CT molecular complexity index is 758. The number of halogens is 1. The van der Waals surface area contributed by atoms with Crippen LogP contribution in [0.1, 0.15) is 5.56 Å². The molecule has 8 heteroatoms. The van der Waals surface area contributed by atoms with Gasteiger partial charge in [0, 0.05) is 10.7 Å². The molecule has 2 aromatic carbocycles. The van der Waals surface area contributed by atoms with E-state index in [9.17, 15) is 13.2 Å². The van der Waals surface area contributed by atoms with E-state index < -0.39 is 15.9 Å². The number of sulfonamides is 1. The smallest absolute Gasteiger partial charge is 0.261 e. The third-order valence-electron chi connectivity index (χ3n) is 2.82. The third kappa shape index (κ3) is 4.20. The van der Waals surface area contributed by atoms with Crippen molar-refractivity contribution in [1.29, 1.82) is 0 Å². The Hall–Kier alpha value is -2.09. The highest BCUT2D eigenvalue weighted by molar-refractivity contribution is 7.92. The van der Waals surface area contributed by atoms with Gasteiger partial charge in [-0.05, 0) is 42.0 Å². The molecule has 3 N–H and O–H groups in total. The number of nitrogens with one attached hydrogen (secondary N) is 2. The molecular weight excluding hydrogens is 328 g/mol. The van der Waals surface area contributed by atoms with Gasteiger partial charge in [-0.25, -0.2) is 13.9 Å². The highest BCUT2D eigenvalue weighted by Crippen LogP contribution is 2.18. The molecule has 0 saturated heterocycles. The molecule has 0 atom stereocenters. The Morgan fingerprint density at radius 3 is 2.18 bits per heavy atom. The Labute approximate surface area is 132 Å². The number of carbonyl (C=O) groups excluding carboxylic acids is 1. The van der Waals surface area contributed by atoms with E-state index >= 15 is 0 Å². The van der Waals surface area contributed by atoms with E-state index in [4.69, 9.17) is 16.8 Å². The predicted octanol–water partition coefficient (Wildman–Crippen LogP) is 2.19. The average Bonchev–Trinajstić information content (AvgIpc) is 2.49. The van der Waals surface area contributed by atoms with Gasteiger partial charge in [-0.2, -0.15) is 0 Å². The second-order valence-electron chi connectivity index (χ2n) is 4.47. The molecular formula is C14H13ClN2O4S. The molecule has 2 aromatic rings. The van der Waals surface area contributed by atoms with Crippen molar-refractivity contribution in [2.45, 2.75) is 11.3 Å². The van der Waals surface area contributed by atoms with Crippen LogP contribution in [0.25, 0.3) is 0 Å². The molecule has 0 unspecified atom stereocenters. The molecule has 0 fully saturated rings. The molecule has 0 radical (unpaired) electrons. The second kappa shape index (κ2) is 6.78. The average molecular weight is 341 g/mol. The van der Waals surface area contributed by atoms with E-state index in [-0.39, 0.29) is 11.3 Å². The quantitative estimate of drug-likeness (QED) is 0.574. The molecule has 0 bridgehead atoms. The van der Waals surface area contributed by atoms with Crippen LogP contribution in [0.4, 0.5) is 5.69 Å². The van der Waals surface area contributed by atoms with Crippen LogP contribution >= 0.6 is 11.6 Å².